The number of hydrogen-bond donors (Lipinski definition) is 0. The maximum Gasteiger partial charge on any atom is 0.513 e. The summed E-state index contributed by atoms with van der Waals surface area (Å²) in [6.07, 6.45) is 9.25. The standard InChI is InChI=1S/C28H40O6/c1-5-7-9-11-13-17-31-27(29)33-25-20-22(4)26(23-16-15-21(3)19-24(23)25)34-28(30)32-18-14-12-10-8-6-2/h15-16,19-20H,5-14,17-18H2,1-4H3. The highest BCUT2D eigenvalue weighted by molar-refractivity contribution is 5.97. The number of hydrogen-bond acceptors (Lipinski definition) is 6. The molecule has 6 heteroatoms. The molecule has 188 valence electrons. The van der Waals surface area contributed by atoms with Crippen molar-refractivity contribution in [1.82, 2.24) is 0 Å². The number of unbranched alkanes of at least 4 members (excludes halogenated alkanes) is 8. The van der Waals surface area contributed by atoms with Crippen LogP contribution in [0.1, 0.15) is 89.2 Å². The fourth-order valence-electron chi connectivity index (χ4n) is 3.79. The first-order valence-corrected chi connectivity index (χ1v) is 12.7. The second-order valence-electron chi connectivity index (χ2n) is 8.80. The minimum atomic E-state index is -0.728. The molecular weight excluding hydrogens is 432 g/mol. The molecular formula is C28H40O6. The zero-order valence-corrected chi connectivity index (χ0v) is 21.2. The molecule has 2 rings (SSSR count). The Morgan fingerprint density at radius 2 is 1.24 bits per heavy atom. The molecule has 0 unspecified atom stereocenters. The summed E-state index contributed by atoms with van der Waals surface area (Å²) in [5.41, 5.74) is 1.66. The Morgan fingerprint density at radius 1 is 0.676 bits per heavy atom. The smallest absolute Gasteiger partial charge is 0.434 e. The Bertz CT molecular complexity index is 921. The molecule has 0 aliphatic carbocycles. The van der Waals surface area contributed by atoms with Crippen molar-refractivity contribution in [3.63, 3.8) is 0 Å². The van der Waals surface area contributed by atoms with Gasteiger partial charge in [0.1, 0.15) is 11.5 Å². The molecule has 0 bridgehead atoms. The van der Waals surface area contributed by atoms with Crippen molar-refractivity contribution in [3.8, 4) is 11.5 Å². The molecule has 34 heavy (non-hydrogen) atoms. The van der Waals surface area contributed by atoms with Crippen LogP contribution in [-0.2, 0) is 9.47 Å². The van der Waals surface area contributed by atoms with Crippen LogP contribution in [0.25, 0.3) is 10.8 Å². The van der Waals surface area contributed by atoms with Crippen molar-refractivity contribution >= 4 is 23.1 Å². The lowest BCUT2D eigenvalue weighted by Crippen LogP contribution is -2.14. The largest absolute Gasteiger partial charge is 0.513 e. The SMILES string of the molecule is CCCCCCCOC(=O)Oc1cc(C)c(OC(=O)OCCCCCCC)c2ccc(C)cc12. The van der Waals surface area contributed by atoms with Gasteiger partial charge in [-0.05, 0) is 44.4 Å². The van der Waals surface area contributed by atoms with Crippen LogP contribution in [0.4, 0.5) is 9.59 Å². The van der Waals surface area contributed by atoms with E-state index in [0.29, 0.717) is 41.0 Å². The first-order valence-electron chi connectivity index (χ1n) is 12.7. The van der Waals surface area contributed by atoms with Gasteiger partial charge < -0.3 is 18.9 Å². The van der Waals surface area contributed by atoms with Crippen molar-refractivity contribution in [2.45, 2.75) is 91.9 Å². The number of fused-ring (bicyclic) bond motifs is 1. The van der Waals surface area contributed by atoms with E-state index in [2.05, 4.69) is 13.8 Å². The van der Waals surface area contributed by atoms with Crippen LogP contribution in [0.5, 0.6) is 11.5 Å². The van der Waals surface area contributed by atoms with Crippen LogP contribution in [0.2, 0.25) is 0 Å². The van der Waals surface area contributed by atoms with E-state index in [-0.39, 0.29) is 0 Å². The molecule has 0 atom stereocenters. The molecule has 0 saturated carbocycles. The molecule has 0 saturated heterocycles. The van der Waals surface area contributed by atoms with Gasteiger partial charge in [-0.1, -0.05) is 82.9 Å². The van der Waals surface area contributed by atoms with Gasteiger partial charge >= 0.3 is 12.3 Å². The molecule has 0 amide bonds. The van der Waals surface area contributed by atoms with Gasteiger partial charge in [-0.25, -0.2) is 9.59 Å². The van der Waals surface area contributed by atoms with Gasteiger partial charge in [-0.15, -0.1) is 0 Å². The van der Waals surface area contributed by atoms with Gasteiger partial charge in [0, 0.05) is 10.8 Å². The predicted octanol–water partition coefficient (Wildman–Crippen LogP) is 8.43. The Balaban J connectivity index is 2.03. The number of aryl methyl sites for hydroxylation is 2. The fourth-order valence-corrected chi connectivity index (χ4v) is 3.79. The van der Waals surface area contributed by atoms with Crippen LogP contribution in [0.15, 0.2) is 24.3 Å². The van der Waals surface area contributed by atoms with Crippen molar-refractivity contribution in [2.24, 2.45) is 0 Å². The van der Waals surface area contributed by atoms with E-state index >= 15 is 0 Å². The third-order valence-corrected chi connectivity index (χ3v) is 5.71. The van der Waals surface area contributed by atoms with Gasteiger partial charge in [-0.2, -0.15) is 0 Å². The van der Waals surface area contributed by atoms with E-state index in [4.69, 9.17) is 18.9 Å². The van der Waals surface area contributed by atoms with Crippen molar-refractivity contribution < 1.29 is 28.5 Å². The number of carbonyl (C=O) groups is 2. The summed E-state index contributed by atoms with van der Waals surface area (Å²) in [4.78, 5) is 24.6. The fraction of sp³-hybridized carbons (Fsp3) is 0.571. The van der Waals surface area contributed by atoms with Crippen LogP contribution in [0, 0.1) is 13.8 Å². The summed E-state index contributed by atoms with van der Waals surface area (Å²) in [6.45, 7) is 8.76. The molecule has 0 aliphatic heterocycles. The van der Waals surface area contributed by atoms with Crippen LogP contribution in [0.3, 0.4) is 0 Å². The Labute approximate surface area is 203 Å². The van der Waals surface area contributed by atoms with E-state index in [0.717, 1.165) is 44.1 Å². The number of carbonyl (C=O) groups excluding carboxylic acids is 2. The summed E-state index contributed by atoms with van der Waals surface area (Å²) < 4.78 is 21.6. The third kappa shape index (κ3) is 9.24. The average Bonchev–Trinajstić information content (AvgIpc) is 2.81. The van der Waals surface area contributed by atoms with Crippen molar-refractivity contribution in [3.05, 3.63) is 35.4 Å². The lowest BCUT2D eigenvalue weighted by atomic mass is 10.0. The average molecular weight is 473 g/mol. The van der Waals surface area contributed by atoms with Crippen LogP contribution < -0.4 is 9.47 Å². The summed E-state index contributed by atoms with van der Waals surface area (Å²) in [5.74, 6) is 0.784. The predicted molar refractivity (Wildman–Crippen MR) is 135 cm³/mol. The van der Waals surface area contributed by atoms with E-state index < -0.39 is 12.3 Å². The van der Waals surface area contributed by atoms with Gasteiger partial charge in [0.2, 0.25) is 0 Å². The molecule has 0 fully saturated rings. The highest BCUT2D eigenvalue weighted by Gasteiger charge is 2.18. The van der Waals surface area contributed by atoms with Crippen molar-refractivity contribution in [1.29, 1.82) is 0 Å². The van der Waals surface area contributed by atoms with E-state index in [1.54, 1.807) is 13.0 Å². The second kappa shape index (κ2) is 15.2. The zero-order valence-electron chi connectivity index (χ0n) is 21.2. The maximum absolute atomic E-state index is 12.3. The summed E-state index contributed by atoms with van der Waals surface area (Å²) >= 11 is 0. The number of ether oxygens (including phenoxy) is 4. The number of rotatable bonds is 14. The first-order chi connectivity index (χ1) is 16.5. The minimum Gasteiger partial charge on any atom is -0.434 e. The molecule has 0 radical (unpaired) electrons. The van der Waals surface area contributed by atoms with Gasteiger partial charge in [0.15, 0.2) is 0 Å². The molecule has 2 aromatic rings. The summed E-state index contributed by atoms with van der Waals surface area (Å²) in [6, 6.07) is 7.37. The Hall–Kier alpha value is -2.76. The van der Waals surface area contributed by atoms with Crippen LogP contribution in [-0.4, -0.2) is 25.5 Å². The van der Waals surface area contributed by atoms with E-state index in [1.165, 1.54) is 25.7 Å². The Kier molecular flexibility index (Phi) is 12.3. The highest BCUT2D eigenvalue weighted by Crippen LogP contribution is 2.37. The molecule has 0 heterocycles. The zero-order chi connectivity index (χ0) is 24.8. The maximum atomic E-state index is 12.3. The lowest BCUT2D eigenvalue weighted by molar-refractivity contribution is 0.0956. The molecule has 2 aromatic carbocycles. The molecule has 0 spiro atoms. The van der Waals surface area contributed by atoms with Crippen LogP contribution >= 0.6 is 0 Å². The summed E-state index contributed by atoms with van der Waals surface area (Å²) in [7, 11) is 0. The van der Waals surface area contributed by atoms with Gasteiger partial charge in [0.25, 0.3) is 0 Å². The van der Waals surface area contributed by atoms with E-state index in [1.807, 2.05) is 25.1 Å². The van der Waals surface area contributed by atoms with E-state index in [9.17, 15) is 9.59 Å². The highest BCUT2D eigenvalue weighted by atomic mass is 16.7. The second-order valence-corrected chi connectivity index (χ2v) is 8.80. The monoisotopic (exact) mass is 472 g/mol. The molecule has 0 aliphatic rings. The number of benzene rings is 2. The normalized spacial score (nSPS) is 10.8. The molecule has 0 aromatic heterocycles. The summed E-state index contributed by atoms with van der Waals surface area (Å²) in [5, 5.41) is 1.35. The van der Waals surface area contributed by atoms with Crippen molar-refractivity contribution in [2.75, 3.05) is 13.2 Å². The molecule has 0 N–H and O–H groups in total. The third-order valence-electron chi connectivity index (χ3n) is 5.71. The Morgan fingerprint density at radius 3 is 1.82 bits per heavy atom. The topological polar surface area (TPSA) is 71.1 Å². The quantitative estimate of drug-likeness (QED) is 0.156. The van der Waals surface area contributed by atoms with Gasteiger partial charge in [0.05, 0.1) is 13.2 Å². The van der Waals surface area contributed by atoms with Gasteiger partial charge in [-0.3, -0.25) is 0 Å². The molecule has 6 nitrogen and oxygen atoms in total. The first kappa shape index (κ1) is 27.5. The minimum absolute atomic E-state index is 0.337. The lowest BCUT2D eigenvalue weighted by Gasteiger charge is -2.15.